The van der Waals surface area contributed by atoms with Crippen LogP contribution in [0.25, 0.3) is 0 Å². The second-order valence-electron chi connectivity index (χ2n) is 7.43. The molecule has 130 valence electrons. The summed E-state index contributed by atoms with van der Waals surface area (Å²) < 4.78 is 0. The minimum Gasteiger partial charge on any atom is -0.395 e. The zero-order chi connectivity index (χ0) is 16.7. The highest BCUT2D eigenvalue weighted by Gasteiger charge is 2.21. The molecule has 1 aliphatic carbocycles. The standard InChI is InChI=1S/C20H34N2O/c1-16-4-5-17(2)20(12-16)14-21-13-18-6-8-19(9-7-18)15-22(3)10-11-23/h4-5,12,18-19,21,23H,6-11,13-15H2,1-3H3. The molecule has 0 unspecified atom stereocenters. The Kier molecular flexibility index (Phi) is 7.54. The Morgan fingerprint density at radius 3 is 2.52 bits per heavy atom. The van der Waals surface area contributed by atoms with E-state index in [2.05, 4.69) is 49.3 Å². The van der Waals surface area contributed by atoms with E-state index in [-0.39, 0.29) is 6.61 Å². The number of aryl methyl sites for hydroxylation is 2. The molecule has 3 heteroatoms. The fourth-order valence-corrected chi connectivity index (χ4v) is 3.72. The summed E-state index contributed by atoms with van der Waals surface area (Å²) in [6.07, 6.45) is 5.37. The van der Waals surface area contributed by atoms with E-state index < -0.39 is 0 Å². The predicted octanol–water partition coefficient (Wildman–Crippen LogP) is 3.12. The lowest BCUT2D eigenvalue weighted by Crippen LogP contribution is -2.32. The van der Waals surface area contributed by atoms with Crippen LogP contribution in [0.1, 0.15) is 42.4 Å². The van der Waals surface area contributed by atoms with Crippen LogP contribution >= 0.6 is 0 Å². The van der Waals surface area contributed by atoms with Crippen LogP contribution in [0, 0.1) is 25.7 Å². The zero-order valence-electron chi connectivity index (χ0n) is 15.1. The molecule has 0 spiro atoms. The van der Waals surface area contributed by atoms with Gasteiger partial charge in [0.05, 0.1) is 6.61 Å². The highest BCUT2D eigenvalue weighted by Crippen LogP contribution is 2.28. The number of aliphatic hydroxyl groups excluding tert-OH is 1. The molecule has 0 radical (unpaired) electrons. The Labute approximate surface area is 142 Å². The summed E-state index contributed by atoms with van der Waals surface area (Å²) in [7, 11) is 2.12. The molecule has 0 atom stereocenters. The topological polar surface area (TPSA) is 35.5 Å². The number of likely N-dealkylation sites (N-methyl/N-ethyl adjacent to an activating group) is 1. The Bertz CT molecular complexity index is 467. The van der Waals surface area contributed by atoms with Gasteiger partial charge in [0.2, 0.25) is 0 Å². The SMILES string of the molecule is Cc1ccc(C)c(CNCC2CCC(CN(C)CCO)CC2)c1. The monoisotopic (exact) mass is 318 g/mol. The van der Waals surface area contributed by atoms with Crippen molar-refractivity contribution in [2.45, 2.75) is 46.1 Å². The fraction of sp³-hybridized carbons (Fsp3) is 0.700. The van der Waals surface area contributed by atoms with Crippen molar-refractivity contribution in [3.8, 4) is 0 Å². The fourth-order valence-electron chi connectivity index (χ4n) is 3.72. The molecule has 1 aliphatic rings. The van der Waals surface area contributed by atoms with E-state index in [4.69, 9.17) is 5.11 Å². The lowest BCUT2D eigenvalue weighted by atomic mass is 9.81. The lowest BCUT2D eigenvalue weighted by Gasteiger charge is -2.31. The van der Waals surface area contributed by atoms with Gasteiger partial charge < -0.3 is 15.3 Å². The van der Waals surface area contributed by atoms with Crippen LogP contribution in [-0.2, 0) is 6.54 Å². The van der Waals surface area contributed by atoms with Crippen molar-refractivity contribution in [3.63, 3.8) is 0 Å². The first-order chi connectivity index (χ1) is 11.1. The van der Waals surface area contributed by atoms with Crippen molar-refractivity contribution >= 4 is 0 Å². The number of hydrogen-bond donors (Lipinski definition) is 2. The first kappa shape index (κ1) is 18.4. The number of nitrogens with one attached hydrogen (secondary N) is 1. The van der Waals surface area contributed by atoms with Gasteiger partial charge in [0, 0.05) is 19.6 Å². The largest absolute Gasteiger partial charge is 0.395 e. The molecule has 1 fully saturated rings. The molecule has 3 nitrogen and oxygen atoms in total. The van der Waals surface area contributed by atoms with Gasteiger partial charge in [0.1, 0.15) is 0 Å². The van der Waals surface area contributed by atoms with Gasteiger partial charge in [0.25, 0.3) is 0 Å². The minimum absolute atomic E-state index is 0.272. The Morgan fingerprint density at radius 1 is 1.13 bits per heavy atom. The maximum absolute atomic E-state index is 8.99. The Morgan fingerprint density at radius 2 is 1.83 bits per heavy atom. The molecule has 0 aliphatic heterocycles. The molecule has 1 saturated carbocycles. The van der Waals surface area contributed by atoms with Crippen LogP contribution in [0.3, 0.4) is 0 Å². The van der Waals surface area contributed by atoms with E-state index in [1.165, 1.54) is 42.4 Å². The summed E-state index contributed by atoms with van der Waals surface area (Å²) in [5.74, 6) is 1.65. The van der Waals surface area contributed by atoms with Gasteiger partial charge in [0.15, 0.2) is 0 Å². The van der Waals surface area contributed by atoms with Crippen LogP contribution in [0.15, 0.2) is 18.2 Å². The first-order valence-electron chi connectivity index (χ1n) is 9.14. The summed E-state index contributed by atoms with van der Waals surface area (Å²) in [5.41, 5.74) is 4.17. The lowest BCUT2D eigenvalue weighted by molar-refractivity contribution is 0.171. The van der Waals surface area contributed by atoms with Gasteiger partial charge >= 0.3 is 0 Å². The molecule has 0 amide bonds. The molecular weight excluding hydrogens is 284 g/mol. The van der Waals surface area contributed by atoms with Crippen molar-refractivity contribution in [2.75, 3.05) is 33.3 Å². The normalized spacial score (nSPS) is 21.8. The minimum atomic E-state index is 0.272. The van der Waals surface area contributed by atoms with Crippen LogP contribution < -0.4 is 5.32 Å². The van der Waals surface area contributed by atoms with Crippen LogP contribution in [0.5, 0.6) is 0 Å². The van der Waals surface area contributed by atoms with E-state index in [9.17, 15) is 0 Å². The van der Waals surface area contributed by atoms with Gasteiger partial charge in [-0.15, -0.1) is 0 Å². The van der Waals surface area contributed by atoms with Crippen molar-refractivity contribution in [1.29, 1.82) is 0 Å². The quantitative estimate of drug-likeness (QED) is 0.773. The zero-order valence-corrected chi connectivity index (χ0v) is 15.1. The molecule has 0 saturated heterocycles. The van der Waals surface area contributed by atoms with Gasteiger partial charge in [-0.1, -0.05) is 23.8 Å². The van der Waals surface area contributed by atoms with E-state index in [0.29, 0.717) is 0 Å². The van der Waals surface area contributed by atoms with Crippen LogP contribution in [-0.4, -0.2) is 43.3 Å². The smallest absolute Gasteiger partial charge is 0.0558 e. The third kappa shape index (κ3) is 6.25. The average Bonchev–Trinajstić information content (AvgIpc) is 2.52. The number of hydrogen-bond acceptors (Lipinski definition) is 3. The van der Waals surface area contributed by atoms with E-state index in [1.807, 2.05) is 0 Å². The molecule has 1 aromatic carbocycles. The molecule has 0 heterocycles. The number of aliphatic hydroxyl groups is 1. The van der Waals surface area contributed by atoms with Gasteiger partial charge in [-0.2, -0.15) is 0 Å². The highest BCUT2D eigenvalue weighted by molar-refractivity contribution is 5.30. The molecule has 1 aromatic rings. The maximum Gasteiger partial charge on any atom is 0.0558 e. The van der Waals surface area contributed by atoms with E-state index in [1.54, 1.807) is 0 Å². The number of nitrogens with zero attached hydrogens (tertiary/aromatic N) is 1. The van der Waals surface area contributed by atoms with Crippen LogP contribution in [0.4, 0.5) is 0 Å². The van der Waals surface area contributed by atoms with Crippen molar-refractivity contribution in [1.82, 2.24) is 10.2 Å². The second-order valence-corrected chi connectivity index (χ2v) is 7.43. The number of benzene rings is 1. The molecule has 23 heavy (non-hydrogen) atoms. The summed E-state index contributed by atoms with van der Waals surface area (Å²) in [6.45, 7) is 8.72. The molecule has 0 bridgehead atoms. The van der Waals surface area contributed by atoms with Gasteiger partial charge in [-0.05, 0) is 76.1 Å². The molecular formula is C20H34N2O. The Balaban J connectivity index is 1.66. The van der Waals surface area contributed by atoms with Gasteiger partial charge in [-0.25, -0.2) is 0 Å². The second kappa shape index (κ2) is 9.41. The average molecular weight is 319 g/mol. The summed E-state index contributed by atoms with van der Waals surface area (Å²) in [5, 5.41) is 12.7. The number of rotatable bonds is 8. The third-order valence-corrected chi connectivity index (χ3v) is 5.27. The molecule has 2 rings (SSSR count). The maximum atomic E-state index is 8.99. The van der Waals surface area contributed by atoms with Crippen molar-refractivity contribution in [3.05, 3.63) is 34.9 Å². The van der Waals surface area contributed by atoms with Gasteiger partial charge in [-0.3, -0.25) is 0 Å². The summed E-state index contributed by atoms with van der Waals surface area (Å²) in [4.78, 5) is 2.27. The third-order valence-electron chi connectivity index (χ3n) is 5.27. The van der Waals surface area contributed by atoms with E-state index >= 15 is 0 Å². The van der Waals surface area contributed by atoms with Crippen molar-refractivity contribution in [2.24, 2.45) is 11.8 Å². The predicted molar refractivity (Wildman–Crippen MR) is 97.7 cm³/mol. The summed E-state index contributed by atoms with van der Waals surface area (Å²) in [6, 6.07) is 6.71. The molecule has 2 N–H and O–H groups in total. The Hall–Kier alpha value is -0.900. The first-order valence-corrected chi connectivity index (χ1v) is 9.14. The van der Waals surface area contributed by atoms with Crippen LogP contribution in [0.2, 0.25) is 0 Å². The summed E-state index contributed by atoms with van der Waals surface area (Å²) >= 11 is 0. The molecule has 0 aromatic heterocycles. The highest BCUT2D eigenvalue weighted by atomic mass is 16.3. The van der Waals surface area contributed by atoms with E-state index in [0.717, 1.165) is 38.0 Å². The van der Waals surface area contributed by atoms with Crippen molar-refractivity contribution < 1.29 is 5.11 Å².